The van der Waals surface area contributed by atoms with Gasteiger partial charge in [-0.2, -0.15) is 0 Å². The van der Waals surface area contributed by atoms with Crippen LogP contribution in [0.5, 0.6) is 0 Å². The highest BCUT2D eigenvalue weighted by Crippen LogP contribution is 2.29. The van der Waals surface area contributed by atoms with E-state index >= 15 is 0 Å². The van der Waals surface area contributed by atoms with Gasteiger partial charge in [0.05, 0.1) is 5.69 Å². The van der Waals surface area contributed by atoms with E-state index in [1.165, 1.54) is 12.1 Å². The van der Waals surface area contributed by atoms with Gasteiger partial charge < -0.3 is 9.64 Å². The normalized spacial score (nSPS) is 11.7. The Labute approximate surface area is 172 Å². The monoisotopic (exact) mass is 412 g/mol. The first-order chi connectivity index (χ1) is 13.9. The zero-order chi connectivity index (χ0) is 21.0. The quantitative estimate of drug-likeness (QED) is 0.543. The third-order valence-electron chi connectivity index (χ3n) is 4.35. The van der Waals surface area contributed by atoms with Gasteiger partial charge in [-0.25, -0.2) is 14.2 Å². The number of para-hydroxylation sites is 1. The lowest BCUT2D eigenvalue weighted by Crippen LogP contribution is -2.40. The number of anilines is 1. The number of aromatic nitrogens is 1. The number of halogens is 1. The maximum absolute atomic E-state index is 13.1. The fraction of sp³-hybridized carbons (Fsp3) is 0.227. The molecule has 0 saturated heterocycles. The summed E-state index contributed by atoms with van der Waals surface area (Å²) >= 11 is 1.16. The van der Waals surface area contributed by atoms with E-state index in [2.05, 4.69) is 4.98 Å². The Balaban J connectivity index is 1.74. The van der Waals surface area contributed by atoms with Crippen LogP contribution in [0.25, 0.3) is 10.6 Å². The number of likely N-dealkylation sites (N-methyl/N-ethyl adjacent to an activating group) is 1. The standard InChI is InChI=1S/C22H21FN2O3S/c1-4-25(18-8-6-5-7-9-18)21(26)15(3)28-22(27)19-14(2)24-20(29-19)16-10-12-17(23)13-11-16/h5-13,15H,4H2,1-3H3/t15-/m0/s1. The van der Waals surface area contributed by atoms with Crippen molar-refractivity contribution in [3.8, 4) is 10.6 Å². The van der Waals surface area contributed by atoms with E-state index in [0.717, 1.165) is 17.0 Å². The zero-order valence-electron chi connectivity index (χ0n) is 16.4. The SMILES string of the molecule is CCN(C(=O)[C@H](C)OC(=O)c1sc(-c2ccc(F)cc2)nc1C)c1ccccc1. The number of benzene rings is 2. The number of rotatable bonds is 6. The molecule has 3 aromatic rings. The first-order valence-corrected chi connectivity index (χ1v) is 10.0. The fourth-order valence-electron chi connectivity index (χ4n) is 2.86. The van der Waals surface area contributed by atoms with Crippen LogP contribution in [0.15, 0.2) is 54.6 Å². The molecule has 0 bridgehead atoms. The predicted molar refractivity (Wildman–Crippen MR) is 112 cm³/mol. The molecule has 29 heavy (non-hydrogen) atoms. The molecule has 0 aliphatic heterocycles. The van der Waals surface area contributed by atoms with Crippen molar-refractivity contribution in [1.29, 1.82) is 0 Å². The Hall–Kier alpha value is -3.06. The minimum absolute atomic E-state index is 0.298. The fourth-order valence-corrected chi connectivity index (χ4v) is 3.81. The lowest BCUT2D eigenvalue weighted by Gasteiger charge is -2.24. The molecule has 7 heteroatoms. The molecule has 0 spiro atoms. The van der Waals surface area contributed by atoms with Crippen LogP contribution in [-0.2, 0) is 9.53 Å². The van der Waals surface area contributed by atoms with Crippen molar-refractivity contribution in [1.82, 2.24) is 4.98 Å². The molecule has 1 aromatic heterocycles. The van der Waals surface area contributed by atoms with Crippen LogP contribution in [0, 0.1) is 12.7 Å². The van der Waals surface area contributed by atoms with Crippen molar-refractivity contribution < 1.29 is 18.7 Å². The van der Waals surface area contributed by atoms with Crippen molar-refractivity contribution in [3.63, 3.8) is 0 Å². The second kappa shape index (κ2) is 8.96. The summed E-state index contributed by atoms with van der Waals surface area (Å²) in [7, 11) is 0. The topological polar surface area (TPSA) is 59.5 Å². The molecular weight excluding hydrogens is 391 g/mol. The third-order valence-corrected chi connectivity index (χ3v) is 5.54. The molecule has 0 fully saturated rings. The van der Waals surface area contributed by atoms with E-state index in [-0.39, 0.29) is 11.7 Å². The zero-order valence-corrected chi connectivity index (χ0v) is 17.2. The summed E-state index contributed by atoms with van der Waals surface area (Å²) in [6, 6.07) is 15.1. The van der Waals surface area contributed by atoms with Crippen LogP contribution in [-0.4, -0.2) is 29.5 Å². The van der Waals surface area contributed by atoms with Crippen molar-refractivity contribution >= 4 is 28.9 Å². The predicted octanol–water partition coefficient (Wildman–Crippen LogP) is 4.86. The van der Waals surface area contributed by atoms with Gasteiger partial charge in [0.2, 0.25) is 0 Å². The smallest absolute Gasteiger partial charge is 0.351 e. The summed E-state index contributed by atoms with van der Waals surface area (Å²) in [6.07, 6.45) is -0.946. The maximum atomic E-state index is 13.1. The van der Waals surface area contributed by atoms with Crippen LogP contribution in [0.1, 0.15) is 29.2 Å². The molecule has 0 unspecified atom stereocenters. The highest BCUT2D eigenvalue weighted by Gasteiger charge is 2.26. The summed E-state index contributed by atoms with van der Waals surface area (Å²) in [5.41, 5.74) is 1.97. The summed E-state index contributed by atoms with van der Waals surface area (Å²) in [6.45, 7) is 5.58. The minimum atomic E-state index is -0.946. The van der Waals surface area contributed by atoms with Crippen LogP contribution in [0.2, 0.25) is 0 Å². The number of thiazole rings is 1. The molecule has 0 radical (unpaired) electrons. The Morgan fingerprint density at radius 1 is 1.14 bits per heavy atom. The molecule has 150 valence electrons. The van der Waals surface area contributed by atoms with Gasteiger partial charge >= 0.3 is 5.97 Å². The maximum Gasteiger partial charge on any atom is 0.351 e. The summed E-state index contributed by atoms with van der Waals surface area (Å²) in [5, 5.41) is 0.591. The van der Waals surface area contributed by atoms with E-state index in [4.69, 9.17) is 4.74 Å². The average molecular weight is 412 g/mol. The minimum Gasteiger partial charge on any atom is -0.448 e. The van der Waals surface area contributed by atoms with E-state index in [1.807, 2.05) is 37.3 Å². The number of hydrogen-bond acceptors (Lipinski definition) is 5. The van der Waals surface area contributed by atoms with Crippen LogP contribution >= 0.6 is 11.3 Å². The number of nitrogens with zero attached hydrogens (tertiary/aromatic N) is 2. The number of aryl methyl sites for hydroxylation is 1. The highest BCUT2D eigenvalue weighted by atomic mass is 32.1. The first-order valence-electron chi connectivity index (χ1n) is 9.21. The van der Waals surface area contributed by atoms with E-state index in [0.29, 0.717) is 27.7 Å². The van der Waals surface area contributed by atoms with Crippen molar-refractivity contribution in [2.24, 2.45) is 0 Å². The molecule has 3 rings (SSSR count). The van der Waals surface area contributed by atoms with Crippen LogP contribution in [0.3, 0.4) is 0 Å². The Morgan fingerprint density at radius 2 is 1.79 bits per heavy atom. The largest absolute Gasteiger partial charge is 0.448 e. The number of carbonyl (C=O) groups excluding carboxylic acids is 2. The molecule has 0 aliphatic carbocycles. The number of hydrogen-bond donors (Lipinski definition) is 0. The first kappa shape index (κ1) is 20.7. The second-order valence-electron chi connectivity index (χ2n) is 6.41. The molecular formula is C22H21FN2O3S. The van der Waals surface area contributed by atoms with Gasteiger partial charge in [0.25, 0.3) is 5.91 Å². The average Bonchev–Trinajstić information content (AvgIpc) is 3.11. The molecule has 5 nitrogen and oxygen atoms in total. The van der Waals surface area contributed by atoms with E-state index < -0.39 is 12.1 Å². The molecule has 0 N–H and O–H groups in total. The van der Waals surface area contributed by atoms with Gasteiger partial charge in [-0.1, -0.05) is 18.2 Å². The van der Waals surface area contributed by atoms with Gasteiger partial charge in [-0.3, -0.25) is 4.79 Å². The number of carbonyl (C=O) groups is 2. The van der Waals surface area contributed by atoms with Crippen molar-refractivity contribution in [2.45, 2.75) is 26.9 Å². The summed E-state index contributed by atoms with van der Waals surface area (Å²) < 4.78 is 18.6. The highest BCUT2D eigenvalue weighted by molar-refractivity contribution is 7.17. The molecule has 2 aromatic carbocycles. The summed E-state index contributed by atoms with van der Waals surface area (Å²) in [5.74, 6) is -1.24. The third kappa shape index (κ3) is 4.68. The van der Waals surface area contributed by atoms with Crippen molar-refractivity contribution in [3.05, 3.63) is 71.0 Å². The van der Waals surface area contributed by atoms with Gasteiger partial charge in [0.1, 0.15) is 15.7 Å². The Kier molecular flexibility index (Phi) is 6.39. The second-order valence-corrected chi connectivity index (χ2v) is 7.41. The van der Waals surface area contributed by atoms with Gasteiger partial charge in [-0.05, 0) is 57.2 Å². The number of ether oxygens (including phenoxy) is 1. The Bertz CT molecular complexity index is 1000. The van der Waals surface area contributed by atoms with Gasteiger partial charge in [0, 0.05) is 17.8 Å². The van der Waals surface area contributed by atoms with Gasteiger partial charge in [-0.15, -0.1) is 11.3 Å². The number of amides is 1. The molecule has 0 aliphatic rings. The lowest BCUT2D eigenvalue weighted by atomic mass is 10.2. The van der Waals surface area contributed by atoms with Crippen LogP contribution < -0.4 is 4.90 Å². The molecule has 1 heterocycles. The van der Waals surface area contributed by atoms with E-state index in [1.54, 1.807) is 30.9 Å². The van der Waals surface area contributed by atoms with Gasteiger partial charge in [0.15, 0.2) is 6.10 Å². The summed E-state index contributed by atoms with van der Waals surface area (Å²) in [4.78, 5) is 31.7. The number of esters is 1. The van der Waals surface area contributed by atoms with Crippen molar-refractivity contribution in [2.75, 3.05) is 11.4 Å². The van der Waals surface area contributed by atoms with E-state index in [9.17, 15) is 14.0 Å². The molecule has 0 saturated carbocycles. The molecule has 1 amide bonds. The Morgan fingerprint density at radius 3 is 2.41 bits per heavy atom. The molecule has 1 atom stereocenters. The van der Waals surface area contributed by atoms with Crippen LogP contribution in [0.4, 0.5) is 10.1 Å². The lowest BCUT2D eigenvalue weighted by molar-refractivity contribution is -0.126.